The first-order valence-corrected chi connectivity index (χ1v) is 6.97. The molecule has 0 saturated heterocycles. The fourth-order valence-corrected chi connectivity index (χ4v) is 2.02. The van der Waals surface area contributed by atoms with Gasteiger partial charge in [0, 0.05) is 17.7 Å². The maximum absolute atomic E-state index is 11.8. The number of aliphatic imine (C=N–C) groups is 1. The van der Waals surface area contributed by atoms with Gasteiger partial charge in [-0.15, -0.1) is 0 Å². The van der Waals surface area contributed by atoms with Gasteiger partial charge in [-0.2, -0.15) is 0 Å². The molecule has 4 heteroatoms. The van der Waals surface area contributed by atoms with Gasteiger partial charge in [0.15, 0.2) is 6.04 Å². The van der Waals surface area contributed by atoms with Crippen molar-refractivity contribution in [2.24, 2.45) is 4.99 Å². The summed E-state index contributed by atoms with van der Waals surface area (Å²) in [7, 11) is 1.37. The topological polar surface area (TPSA) is 38.7 Å². The summed E-state index contributed by atoms with van der Waals surface area (Å²) in [6.07, 6.45) is 2.18. The average molecular weight is 302 g/mol. The zero-order valence-corrected chi connectivity index (χ0v) is 12.5. The number of hydrogen-bond acceptors (Lipinski definition) is 3. The van der Waals surface area contributed by atoms with E-state index in [0.29, 0.717) is 11.4 Å². The highest BCUT2D eigenvalue weighted by molar-refractivity contribution is 6.30. The molecule has 2 aromatic rings. The molecular weight excluding hydrogens is 286 g/mol. The number of methoxy groups -OCH3 is 1. The van der Waals surface area contributed by atoms with Crippen LogP contribution in [0.15, 0.2) is 59.6 Å². The molecule has 1 atom stereocenters. The predicted molar refractivity (Wildman–Crippen MR) is 85.0 cm³/mol. The molecule has 0 aliphatic heterocycles. The summed E-state index contributed by atoms with van der Waals surface area (Å²) in [6.45, 7) is 0. The number of halogens is 1. The Labute approximate surface area is 129 Å². The quantitative estimate of drug-likeness (QED) is 0.626. The van der Waals surface area contributed by atoms with Gasteiger partial charge < -0.3 is 4.74 Å². The molecule has 0 aliphatic carbocycles. The second kappa shape index (κ2) is 7.60. The molecule has 21 heavy (non-hydrogen) atoms. The smallest absolute Gasteiger partial charge is 0.330 e. The van der Waals surface area contributed by atoms with Gasteiger partial charge in [-0.25, -0.2) is 4.79 Å². The molecule has 0 radical (unpaired) electrons. The fourth-order valence-electron chi connectivity index (χ4n) is 1.90. The lowest BCUT2D eigenvalue weighted by Gasteiger charge is -2.10. The van der Waals surface area contributed by atoms with Gasteiger partial charge in [0.05, 0.1) is 7.11 Å². The van der Waals surface area contributed by atoms with Crippen LogP contribution >= 0.6 is 11.6 Å². The van der Waals surface area contributed by atoms with Gasteiger partial charge in [0.25, 0.3) is 0 Å². The lowest BCUT2D eigenvalue weighted by molar-refractivity contribution is -0.142. The summed E-state index contributed by atoms with van der Waals surface area (Å²) in [5.74, 6) is -0.343. The van der Waals surface area contributed by atoms with Crippen molar-refractivity contribution in [3.63, 3.8) is 0 Å². The Balaban J connectivity index is 2.13. The molecule has 0 fully saturated rings. The molecule has 0 unspecified atom stereocenters. The molecule has 0 heterocycles. The third-order valence-electron chi connectivity index (χ3n) is 3.02. The van der Waals surface area contributed by atoms with Crippen molar-refractivity contribution < 1.29 is 9.53 Å². The summed E-state index contributed by atoms with van der Waals surface area (Å²) in [6, 6.07) is 16.5. The standard InChI is InChI=1S/C17H16ClNO2/c1-21-17(20)16(11-13-5-3-2-4-6-13)19-12-14-7-9-15(18)10-8-14/h2-10,12,16H,11H2,1H3/b19-12-/t16-/m0/s1. The molecule has 0 aromatic heterocycles. The van der Waals surface area contributed by atoms with E-state index in [-0.39, 0.29) is 5.97 Å². The van der Waals surface area contributed by atoms with E-state index < -0.39 is 6.04 Å². The van der Waals surface area contributed by atoms with Crippen molar-refractivity contribution in [3.8, 4) is 0 Å². The van der Waals surface area contributed by atoms with Gasteiger partial charge in [-0.05, 0) is 23.3 Å². The maximum atomic E-state index is 11.8. The summed E-state index contributed by atoms with van der Waals surface area (Å²) < 4.78 is 4.82. The number of ether oxygens (including phenoxy) is 1. The summed E-state index contributed by atoms with van der Waals surface area (Å²) in [4.78, 5) is 16.2. The van der Waals surface area contributed by atoms with Crippen LogP contribution in [0.4, 0.5) is 0 Å². The van der Waals surface area contributed by atoms with Crippen LogP contribution in [0.2, 0.25) is 5.02 Å². The summed E-state index contributed by atoms with van der Waals surface area (Å²) in [5, 5.41) is 0.668. The number of nitrogens with zero attached hydrogens (tertiary/aromatic N) is 1. The molecule has 108 valence electrons. The molecule has 0 spiro atoms. The van der Waals surface area contributed by atoms with Crippen molar-refractivity contribution >= 4 is 23.8 Å². The SMILES string of the molecule is COC(=O)[C@H](Cc1ccccc1)/N=C\c1ccc(Cl)cc1. The Morgan fingerprint density at radius 1 is 1.19 bits per heavy atom. The van der Waals surface area contributed by atoms with E-state index in [1.54, 1.807) is 18.3 Å². The number of carbonyl (C=O) groups excluding carboxylic acids is 1. The van der Waals surface area contributed by atoms with Gasteiger partial charge in [0.1, 0.15) is 0 Å². The van der Waals surface area contributed by atoms with Crippen LogP contribution in [0.25, 0.3) is 0 Å². The second-order valence-electron chi connectivity index (χ2n) is 4.56. The number of rotatable bonds is 5. The van der Waals surface area contributed by atoms with Crippen molar-refractivity contribution in [1.82, 2.24) is 0 Å². The van der Waals surface area contributed by atoms with Crippen molar-refractivity contribution in [2.75, 3.05) is 7.11 Å². The van der Waals surface area contributed by atoms with Crippen LogP contribution in [0.1, 0.15) is 11.1 Å². The third kappa shape index (κ3) is 4.72. The van der Waals surface area contributed by atoms with Crippen molar-refractivity contribution in [2.45, 2.75) is 12.5 Å². The zero-order chi connectivity index (χ0) is 15.1. The Morgan fingerprint density at radius 2 is 1.86 bits per heavy atom. The molecule has 0 N–H and O–H groups in total. The number of esters is 1. The molecular formula is C17H16ClNO2. The lowest BCUT2D eigenvalue weighted by atomic mass is 10.1. The molecule has 0 saturated carbocycles. The Hall–Kier alpha value is -2.13. The third-order valence-corrected chi connectivity index (χ3v) is 3.27. The molecule has 0 bridgehead atoms. The average Bonchev–Trinajstić information content (AvgIpc) is 2.53. The Bertz CT molecular complexity index is 608. The van der Waals surface area contributed by atoms with E-state index in [9.17, 15) is 4.79 Å². The number of benzene rings is 2. The molecule has 2 aromatic carbocycles. The molecule has 0 amide bonds. The summed E-state index contributed by atoms with van der Waals surface area (Å²) >= 11 is 5.84. The monoisotopic (exact) mass is 301 g/mol. The first-order valence-electron chi connectivity index (χ1n) is 6.59. The van der Waals surface area contributed by atoms with E-state index in [4.69, 9.17) is 16.3 Å². The minimum Gasteiger partial charge on any atom is -0.467 e. The Kier molecular flexibility index (Phi) is 5.52. The van der Waals surface area contributed by atoms with Crippen LogP contribution < -0.4 is 0 Å². The van der Waals surface area contributed by atoms with Gasteiger partial charge in [-0.1, -0.05) is 54.1 Å². The minimum atomic E-state index is -0.548. The summed E-state index contributed by atoms with van der Waals surface area (Å²) in [5.41, 5.74) is 1.93. The number of hydrogen-bond donors (Lipinski definition) is 0. The zero-order valence-electron chi connectivity index (χ0n) is 11.7. The fraction of sp³-hybridized carbons (Fsp3) is 0.176. The highest BCUT2D eigenvalue weighted by Crippen LogP contribution is 2.10. The highest BCUT2D eigenvalue weighted by atomic mass is 35.5. The van der Waals surface area contributed by atoms with Crippen molar-refractivity contribution in [1.29, 1.82) is 0 Å². The molecule has 3 nitrogen and oxygen atoms in total. The van der Waals surface area contributed by atoms with E-state index >= 15 is 0 Å². The first kappa shape index (κ1) is 15.3. The van der Waals surface area contributed by atoms with Gasteiger partial charge >= 0.3 is 5.97 Å². The highest BCUT2D eigenvalue weighted by Gasteiger charge is 2.17. The Morgan fingerprint density at radius 3 is 2.48 bits per heavy atom. The van der Waals surface area contributed by atoms with Crippen LogP contribution in [0, 0.1) is 0 Å². The van der Waals surface area contributed by atoms with E-state index in [1.165, 1.54) is 7.11 Å². The van der Waals surface area contributed by atoms with E-state index in [0.717, 1.165) is 11.1 Å². The minimum absolute atomic E-state index is 0.343. The molecule has 2 rings (SSSR count). The predicted octanol–water partition coefficient (Wildman–Crippen LogP) is 3.54. The van der Waals surface area contributed by atoms with Crippen LogP contribution in [-0.4, -0.2) is 25.3 Å². The normalized spacial score (nSPS) is 12.3. The largest absolute Gasteiger partial charge is 0.467 e. The number of carbonyl (C=O) groups is 1. The van der Waals surface area contributed by atoms with Crippen LogP contribution in [-0.2, 0) is 16.0 Å². The maximum Gasteiger partial charge on any atom is 0.330 e. The first-order chi connectivity index (χ1) is 10.2. The van der Waals surface area contributed by atoms with Crippen LogP contribution in [0.3, 0.4) is 0 Å². The van der Waals surface area contributed by atoms with Crippen LogP contribution in [0.5, 0.6) is 0 Å². The van der Waals surface area contributed by atoms with Gasteiger partial charge in [0.2, 0.25) is 0 Å². The lowest BCUT2D eigenvalue weighted by Crippen LogP contribution is -2.23. The van der Waals surface area contributed by atoms with Gasteiger partial charge in [-0.3, -0.25) is 4.99 Å². The van der Waals surface area contributed by atoms with E-state index in [1.807, 2.05) is 42.5 Å². The van der Waals surface area contributed by atoms with E-state index in [2.05, 4.69) is 4.99 Å². The molecule has 0 aliphatic rings. The second-order valence-corrected chi connectivity index (χ2v) is 4.99. The van der Waals surface area contributed by atoms with Crippen molar-refractivity contribution in [3.05, 3.63) is 70.7 Å².